The summed E-state index contributed by atoms with van der Waals surface area (Å²) in [4.78, 5) is 35.3. The Hall–Kier alpha value is -4.06. The zero-order valence-electron chi connectivity index (χ0n) is 24.9. The van der Waals surface area contributed by atoms with Crippen molar-refractivity contribution in [3.8, 4) is 5.75 Å². The molecule has 2 heterocycles. The molecule has 2 amide bonds. The molecule has 0 spiro atoms. The Kier molecular flexibility index (Phi) is 8.76. The van der Waals surface area contributed by atoms with Gasteiger partial charge in [0.15, 0.2) is 6.61 Å². The first-order valence-electron chi connectivity index (χ1n) is 14.9. The van der Waals surface area contributed by atoms with Crippen LogP contribution >= 0.6 is 11.6 Å². The standard InChI is InChI=1S/C33H34ClN5O5S/c1-19(2)15-37-45(42,43)30-13-25-28(38-31(40)18-44-23-9-7-22(34)8-10-23)14-29(39-33(41)21-4-3-11-35-16-21)32(25)26-17-36-27(12-24(26)30)20-5-6-20/h3-4,7-13,16-17,19-20,28-29,37H,5-6,14-15,18H2,1-2H3,(H,38,40)(H,39,41). The number of fused-ring (bicyclic) bond motifs is 3. The minimum absolute atomic E-state index is 0.101. The number of benzene rings is 2. The van der Waals surface area contributed by atoms with Crippen LogP contribution in [0, 0.1) is 5.92 Å². The Morgan fingerprint density at radius 2 is 1.80 bits per heavy atom. The van der Waals surface area contributed by atoms with E-state index in [0.29, 0.717) is 45.0 Å². The molecule has 2 unspecified atom stereocenters. The van der Waals surface area contributed by atoms with Gasteiger partial charge in [0.25, 0.3) is 11.8 Å². The molecule has 2 aromatic heterocycles. The van der Waals surface area contributed by atoms with Crippen molar-refractivity contribution in [2.24, 2.45) is 5.92 Å². The highest BCUT2D eigenvalue weighted by Crippen LogP contribution is 2.47. The van der Waals surface area contributed by atoms with E-state index in [2.05, 4.69) is 20.3 Å². The molecule has 2 aliphatic carbocycles. The van der Waals surface area contributed by atoms with E-state index in [1.807, 2.05) is 19.9 Å². The molecule has 1 fully saturated rings. The molecule has 2 aromatic carbocycles. The Morgan fingerprint density at radius 3 is 2.49 bits per heavy atom. The number of hydrogen-bond acceptors (Lipinski definition) is 7. The molecule has 234 valence electrons. The van der Waals surface area contributed by atoms with Gasteiger partial charge in [-0.3, -0.25) is 19.6 Å². The van der Waals surface area contributed by atoms with Crippen LogP contribution < -0.4 is 20.1 Å². The number of sulfonamides is 1. The summed E-state index contributed by atoms with van der Waals surface area (Å²) >= 11 is 5.95. The van der Waals surface area contributed by atoms with Crippen molar-refractivity contribution in [3.63, 3.8) is 0 Å². The molecule has 1 saturated carbocycles. The Balaban J connectivity index is 1.39. The van der Waals surface area contributed by atoms with Gasteiger partial charge in [-0.1, -0.05) is 25.4 Å². The van der Waals surface area contributed by atoms with Gasteiger partial charge in [-0.05, 0) is 84.8 Å². The molecule has 0 radical (unpaired) electrons. The highest BCUT2D eigenvalue weighted by Gasteiger charge is 2.38. The summed E-state index contributed by atoms with van der Waals surface area (Å²) in [6.45, 7) is 3.88. The largest absolute Gasteiger partial charge is 0.484 e. The van der Waals surface area contributed by atoms with Gasteiger partial charge < -0.3 is 15.4 Å². The second-order valence-electron chi connectivity index (χ2n) is 11.9. The first-order chi connectivity index (χ1) is 21.6. The number of nitrogens with one attached hydrogen (secondary N) is 3. The van der Waals surface area contributed by atoms with Crippen LogP contribution in [-0.2, 0) is 14.8 Å². The lowest BCUT2D eigenvalue weighted by Gasteiger charge is -2.19. The number of rotatable bonds is 11. The molecule has 0 saturated heterocycles. The summed E-state index contributed by atoms with van der Waals surface area (Å²) in [6, 6.07) is 12.4. The number of ether oxygens (including phenoxy) is 1. The van der Waals surface area contributed by atoms with E-state index >= 15 is 0 Å². The van der Waals surface area contributed by atoms with E-state index in [0.717, 1.165) is 24.1 Å². The van der Waals surface area contributed by atoms with Crippen LogP contribution in [-0.4, -0.2) is 43.4 Å². The van der Waals surface area contributed by atoms with Crippen molar-refractivity contribution >= 4 is 44.2 Å². The molecule has 2 aliphatic rings. The summed E-state index contributed by atoms with van der Waals surface area (Å²) in [5, 5.41) is 7.80. The third-order valence-electron chi connectivity index (χ3n) is 7.99. The molecular formula is C33H34ClN5O5S. The quantitative estimate of drug-likeness (QED) is 0.203. The predicted octanol–water partition coefficient (Wildman–Crippen LogP) is 5.21. The SMILES string of the molecule is CC(C)CNS(=O)(=O)c1cc2c(c3cnc(C4CC4)cc13)C(NC(=O)c1cccnc1)CC2NC(=O)COc1ccc(Cl)cc1. The number of nitrogens with zero attached hydrogens (tertiary/aromatic N) is 2. The molecule has 3 N–H and O–H groups in total. The van der Waals surface area contributed by atoms with E-state index in [1.54, 1.807) is 54.9 Å². The second kappa shape index (κ2) is 12.7. The van der Waals surface area contributed by atoms with Gasteiger partial charge in [0.2, 0.25) is 10.0 Å². The predicted molar refractivity (Wildman–Crippen MR) is 171 cm³/mol. The monoisotopic (exact) mass is 647 g/mol. The highest BCUT2D eigenvalue weighted by molar-refractivity contribution is 7.89. The van der Waals surface area contributed by atoms with E-state index < -0.39 is 28.0 Å². The topological polar surface area (TPSA) is 139 Å². The van der Waals surface area contributed by atoms with Crippen molar-refractivity contribution in [2.45, 2.75) is 56.0 Å². The number of aromatic nitrogens is 2. The number of halogens is 1. The zero-order valence-corrected chi connectivity index (χ0v) is 26.5. The summed E-state index contributed by atoms with van der Waals surface area (Å²) in [7, 11) is -3.93. The van der Waals surface area contributed by atoms with Gasteiger partial charge in [-0.2, -0.15) is 0 Å². The first kappa shape index (κ1) is 30.9. The Morgan fingerprint density at radius 1 is 1.02 bits per heavy atom. The number of amides is 2. The smallest absolute Gasteiger partial charge is 0.258 e. The molecule has 2 atom stereocenters. The van der Waals surface area contributed by atoms with Gasteiger partial charge in [-0.15, -0.1) is 0 Å². The van der Waals surface area contributed by atoms with Crippen LogP contribution in [0.3, 0.4) is 0 Å². The summed E-state index contributed by atoms with van der Waals surface area (Å²) in [5.74, 6) is 0.156. The molecule has 6 rings (SSSR count). The normalized spacial score (nSPS) is 17.7. The van der Waals surface area contributed by atoms with Crippen LogP contribution in [0.15, 0.2) is 72.0 Å². The maximum atomic E-state index is 13.8. The molecule has 10 nitrogen and oxygen atoms in total. The fraction of sp³-hybridized carbons (Fsp3) is 0.333. The molecule has 12 heteroatoms. The van der Waals surface area contributed by atoms with Crippen LogP contribution in [0.1, 0.15) is 78.3 Å². The average Bonchev–Trinajstić information content (AvgIpc) is 3.83. The summed E-state index contributed by atoms with van der Waals surface area (Å²) in [6.07, 6.45) is 7.10. The highest BCUT2D eigenvalue weighted by atomic mass is 35.5. The van der Waals surface area contributed by atoms with E-state index in [-0.39, 0.29) is 29.9 Å². The van der Waals surface area contributed by atoms with E-state index in [9.17, 15) is 18.0 Å². The van der Waals surface area contributed by atoms with Gasteiger partial charge in [0.1, 0.15) is 5.75 Å². The van der Waals surface area contributed by atoms with Crippen molar-refractivity contribution in [1.29, 1.82) is 0 Å². The zero-order chi connectivity index (χ0) is 31.7. The molecule has 0 aliphatic heterocycles. The van der Waals surface area contributed by atoms with Crippen LogP contribution in [0.2, 0.25) is 5.02 Å². The Labute approximate surface area is 267 Å². The van der Waals surface area contributed by atoms with Gasteiger partial charge in [0, 0.05) is 52.5 Å². The number of carbonyl (C=O) groups excluding carboxylic acids is 2. The minimum Gasteiger partial charge on any atom is -0.484 e. The fourth-order valence-electron chi connectivity index (χ4n) is 5.60. The number of hydrogen-bond donors (Lipinski definition) is 3. The van der Waals surface area contributed by atoms with E-state index in [4.69, 9.17) is 21.3 Å². The first-order valence-corrected chi connectivity index (χ1v) is 16.8. The van der Waals surface area contributed by atoms with Gasteiger partial charge in [0.05, 0.1) is 22.5 Å². The second-order valence-corrected chi connectivity index (χ2v) is 14.1. The van der Waals surface area contributed by atoms with Gasteiger partial charge in [-0.25, -0.2) is 13.1 Å². The average molecular weight is 648 g/mol. The van der Waals surface area contributed by atoms with Crippen molar-refractivity contribution in [3.05, 3.63) is 94.5 Å². The maximum Gasteiger partial charge on any atom is 0.258 e. The summed E-state index contributed by atoms with van der Waals surface area (Å²) in [5.41, 5.74) is 2.56. The molecule has 45 heavy (non-hydrogen) atoms. The lowest BCUT2D eigenvalue weighted by Crippen LogP contribution is -2.33. The number of carbonyl (C=O) groups is 2. The number of pyridine rings is 2. The van der Waals surface area contributed by atoms with Crippen molar-refractivity contribution in [2.75, 3.05) is 13.2 Å². The summed E-state index contributed by atoms with van der Waals surface area (Å²) < 4.78 is 36.0. The van der Waals surface area contributed by atoms with Gasteiger partial charge >= 0.3 is 0 Å². The van der Waals surface area contributed by atoms with Crippen molar-refractivity contribution in [1.82, 2.24) is 25.3 Å². The Bertz CT molecular complexity index is 1850. The van der Waals surface area contributed by atoms with E-state index in [1.165, 1.54) is 6.20 Å². The lowest BCUT2D eigenvalue weighted by molar-refractivity contribution is -0.123. The maximum absolute atomic E-state index is 13.8. The van der Waals surface area contributed by atoms with Crippen molar-refractivity contribution < 1.29 is 22.7 Å². The van der Waals surface area contributed by atoms with Crippen LogP contribution in [0.25, 0.3) is 10.8 Å². The molecule has 4 aromatic rings. The lowest BCUT2D eigenvalue weighted by atomic mass is 9.98. The third kappa shape index (κ3) is 6.95. The molecule has 0 bridgehead atoms. The molecular weight excluding hydrogens is 614 g/mol. The van der Waals surface area contributed by atoms with Crippen LogP contribution in [0.5, 0.6) is 5.75 Å². The third-order valence-corrected chi connectivity index (χ3v) is 9.70. The minimum atomic E-state index is -3.93. The fourth-order valence-corrected chi connectivity index (χ4v) is 7.18. The van der Waals surface area contributed by atoms with Crippen LogP contribution in [0.4, 0.5) is 0 Å².